The van der Waals surface area contributed by atoms with E-state index in [4.69, 9.17) is 4.74 Å². The standard InChI is InChI=1S/C18H22N2O/c1-13-7-5-6-8-18(13)20-15(3)12-21-16-9-10-17(19-4)14(2)11-16/h5-11,19H,12H2,1-4H3. The van der Waals surface area contributed by atoms with E-state index in [1.807, 2.05) is 50.4 Å². The van der Waals surface area contributed by atoms with Gasteiger partial charge in [-0.15, -0.1) is 0 Å². The second-order valence-corrected chi connectivity index (χ2v) is 5.15. The van der Waals surface area contributed by atoms with Gasteiger partial charge in [-0.2, -0.15) is 0 Å². The van der Waals surface area contributed by atoms with Crippen molar-refractivity contribution in [2.75, 3.05) is 19.0 Å². The first kappa shape index (κ1) is 15.1. The van der Waals surface area contributed by atoms with Gasteiger partial charge in [0.2, 0.25) is 0 Å². The van der Waals surface area contributed by atoms with Crippen LogP contribution in [-0.2, 0) is 0 Å². The summed E-state index contributed by atoms with van der Waals surface area (Å²) in [4.78, 5) is 4.61. The molecule has 0 unspecified atom stereocenters. The number of hydrogen-bond acceptors (Lipinski definition) is 3. The highest BCUT2D eigenvalue weighted by molar-refractivity contribution is 5.86. The Kier molecular flexibility index (Phi) is 4.99. The van der Waals surface area contributed by atoms with Crippen LogP contribution in [-0.4, -0.2) is 19.4 Å². The van der Waals surface area contributed by atoms with Crippen LogP contribution in [0.2, 0.25) is 0 Å². The van der Waals surface area contributed by atoms with E-state index in [1.54, 1.807) is 0 Å². The van der Waals surface area contributed by atoms with Crippen LogP contribution >= 0.6 is 0 Å². The van der Waals surface area contributed by atoms with Crippen molar-refractivity contribution in [1.29, 1.82) is 0 Å². The normalized spacial score (nSPS) is 11.3. The molecule has 0 saturated heterocycles. The number of aryl methyl sites for hydroxylation is 2. The van der Waals surface area contributed by atoms with Crippen molar-refractivity contribution in [3.05, 3.63) is 53.6 Å². The van der Waals surface area contributed by atoms with Crippen LogP contribution in [0.15, 0.2) is 47.5 Å². The number of anilines is 1. The Morgan fingerprint density at radius 2 is 1.86 bits per heavy atom. The van der Waals surface area contributed by atoms with Gasteiger partial charge in [-0.05, 0) is 56.2 Å². The SMILES string of the molecule is CNc1ccc(OCC(C)=Nc2ccccc2C)cc1C. The molecule has 1 N–H and O–H groups in total. The second kappa shape index (κ2) is 6.93. The predicted molar refractivity (Wildman–Crippen MR) is 90.2 cm³/mol. The van der Waals surface area contributed by atoms with E-state index in [0.29, 0.717) is 6.61 Å². The Morgan fingerprint density at radius 1 is 1.10 bits per heavy atom. The van der Waals surface area contributed by atoms with Crippen molar-refractivity contribution in [3.63, 3.8) is 0 Å². The summed E-state index contributed by atoms with van der Waals surface area (Å²) in [6.45, 7) is 6.60. The summed E-state index contributed by atoms with van der Waals surface area (Å²) in [7, 11) is 1.92. The Balaban J connectivity index is 2.02. The highest BCUT2D eigenvalue weighted by Gasteiger charge is 2.01. The zero-order valence-corrected chi connectivity index (χ0v) is 13.1. The maximum absolute atomic E-state index is 5.80. The lowest BCUT2D eigenvalue weighted by Gasteiger charge is -2.10. The van der Waals surface area contributed by atoms with Crippen LogP contribution in [0.4, 0.5) is 11.4 Å². The third-order valence-corrected chi connectivity index (χ3v) is 3.34. The maximum atomic E-state index is 5.80. The number of ether oxygens (including phenoxy) is 1. The number of nitrogens with one attached hydrogen (secondary N) is 1. The molecule has 2 aromatic rings. The Bertz CT molecular complexity index is 647. The third kappa shape index (κ3) is 4.09. The van der Waals surface area contributed by atoms with Gasteiger partial charge in [0.15, 0.2) is 0 Å². The zero-order valence-electron chi connectivity index (χ0n) is 13.1. The molecule has 0 saturated carbocycles. The third-order valence-electron chi connectivity index (χ3n) is 3.34. The fourth-order valence-electron chi connectivity index (χ4n) is 2.12. The van der Waals surface area contributed by atoms with Gasteiger partial charge < -0.3 is 10.1 Å². The average Bonchev–Trinajstić information content (AvgIpc) is 2.48. The van der Waals surface area contributed by atoms with Gasteiger partial charge in [-0.3, -0.25) is 4.99 Å². The Labute approximate surface area is 126 Å². The number of rotatable bonds is 5. The molecule has 0 amide bonds. The van der Waals surface area contributed by atoms with Crippen LogP contribution in [0.5, 0.6) is 5.75 Å². The van der Waals surface area contributed by atoms with Crippen molar-refractivity contribution in [2.24, 2.45) is 4.99 Å². The molecular weight excluding hydrogens is 260 g/mol. The number of nitrogens with zero attached hydrogens (tertiary/aromatic N) is 1. The second-order valence-electron chi connectivity index (χ2n) is 5.15. The monoisotopic (exact) mass is 282 g/mol. The van der Waals surface area contributed by atoms with Crippen LogP contribution in [0, 0.1) is 13.8 Å². The van der Waals surface area contributed by atoms with E-state index in [9.17, 15) is 0 Å². The number of para-hydroxylation sites is 1. The van der Waals surface area contributed by atoms with Gasteiger partial charge in [0, 0.05) is 12.7 Å². The first-order valence-corrected chi connectivity index (χ1v) is 7.11. The summed E-state index contributed by atoms with van der Waals surface area (Å²) in [6.07, 6.45) is 0. The van der Waals surface area contributed by atoms with Crippen molar-refractivity contribution >= 4 is 17.1 Å². The van der Waals surface area contributed by atoms with E-state index in [0.717, 1.165) is 22.8 Å². The first-order chi connectivity index (χ1) is 10.1. The maximum Gasteiger partial charge on any atom is 0.126 e. The molecule has 0 radical (unpaired) electrons. The molecule has 0 aliphatic heterocycles. The van der Waals surface area contributed by atoms with E-state index in [2.05, 4.69) is 30.2 Å². The van der Waals surface area contributed by atoms with Crippen LogP contribution in [0.25, 0.3) is 0 Å². The summed E-state index contributed by atoms with van der Waals surface area (Å²) < 4.78 is 5.80. The molecule has 2 rings (SSSR count). The summed E-state index contributed by atoms with van der Waals surface area (Å²) >= 11 is 0. The van der Waals surface area contributed by atoms with Gasteiger partial charge >= 0.3 is 0 Å². The smallest absolute Gasteiger partial charge is 0.126 e. The zero-order chi connectivity index (χ0) is 15.2. The molecule has 0 spiro atoms. The molecule has 0 aromatic heterocycles. The molecule has 110 valence electrons. The molecule has 2 aromatic carbocycles. The molecule has 0 atom stereocenters. The quantitative estimate of drug-likeness (QED) is 0.818. The van der Waals surface area contributed by atoms with Crippen LogP contribution in [0.3, 0.4) is 0 Å². The minimum atomic E-state index is 0.493. The van der Waals surface area contributed by atoms with Crippen molar-refractivity contribution in [2.45, 2.75) is 20.8 Å². The van der Waals surface area contributed by atoms with Crippen molar-refractivity contribution in [3.8, 4) is 5.75 Å². The number of aliphatic imine (C=N–C) groups is 1. The number of hydrogen-bond donors (Lipinski definition) is 1. The van der Waals surface area contributed by atoms with Gasteiger partial charge in [0.25, 0.3) is 0 Å². The van der Waals surface area contributed by atoms with E-state index in [1.165, 1.54) is 11.1 Å². The molecule has 0 heterocycles. The van der Waals surface area contributed by atoms with Crippen molar-refractivity contribution < 1.29 is 4.74 Å². The first-order valence-electron chi connectivity index (χ1n) is 7.11. The molecule has 3 heteroatoms. The largest absolute Gasteiger partial charge is 0.488 e. The van der Waals surface area contributed by atoms with E-state index in [-0.39, 0.29) is 0 Å². The lowest BCUT2D eigenvalue weighted by molar-refractivity contribution is 0.376. The summed E-state index contributed by atoms with van der Waals surface area (Å²) in [5.74, 6) is 0.867. The van der Waals surface area contributed by atoms with E-state index >= 15 is 0 Å². The minimum absolute atomic E-state index is 0.493. The van der Waals surface area contributed by atoms with Crippen LogP contribution < -0.4 is 10.1 Å². The summed E-state index contributed by atoms with van der Waals surface area (Å²) in [5.41, 5.74) is 5.42. The molecule has 3 nitrogen and oxygen atoms in total. The number of benzene rings is 2. The van der Waals surface area contributed by atoms with Gasteiger partial charge in [-0.25, -0.2) is 0 Å². The molecule has 0 aliphatic rings. The Hall–Kier alpha value is -2.29. The molecule has 0 bridgehead atoms. The molecule has 21 heavy (non-hydrogen) atoms. The fraction of sp³-hybridized carbons (Fsp3) is 0.278. The fourth-order valence-corrected chi connectivity index (χ4v) is 2.12. The van der Waals surface area contributed by atoms with Crippen LogP contribution in [0.1, 0.15) is 18.1 Å². The highest BCUT2D eigenvalue weighted by atomic mass is 16.5. The summed E-state index contributed by atoms with van der Waals surface area (Å²) in [5, 5.41) is 3.15. The van der Waals surface area contributed by atoms with Crippen molar-refractivity contribution in [1.82, 2.24) is 0 Å². The molecular formula is C18H22N2O. The Morgan fingerprint density at radius 3 is 2.52 bits per heavy atom. The van der Waals surface area contributed by atoms with Gasteiger partial charge in [-0.1, -0.05) is 18.2 Å². The lowest BCUT2D eigenvalue weighted by atomic mass is 10.2. The topological polar surface area (TPSA) is 33.6 Å². The minimum Gasteiger partial charge on any atom is -0.488 e. The molecule has 0 aliphatic carbocycles. The van der Waals surface area contributed by atoms with Gasteiger partial charge in [0.05, 0.1) is 11.4 Å². The van der Waals surface area contributed by atoms with Gasteiger partial charge in [0.1, 0.15) is 12.4 Å². The summed E-state index contributed by atoms with van der Waals surface area (Å²) in [6, 6.07) is 14.1. The molecule has 0 fully saturated rings. The predicted octanol–water partition coefficient (Wildman–Crippen LogP) is 4.52. The lowest BCUT2D eigenvalue weighted by Crippen LogP contribution is -2.07. The highest BCUT2D eigenvalue weighted by Crippen LogP contribution is 2.21. The average molecular weight is 282 g/mol. The van der Waals surface area contributed by atoms with E-state index < -0.39 is 0 Å².